The summed E-state index contributed by atoms with van der Waals surface area (Å²) < 4.78 is 10.7. The predicted molar refractivity (Wildman–Crippen MR) is 106 cm³/mol. The summed E-state index contributed by atoms with van der Waals surface area (Å²) >= 11 is 1.63. The van der Waals surface area contributed by atoms with Crippen LogP contribution in [0.1, 0.15) is 17.9 Å². The summed E-state index contributed by atoms with van der Waals surface area (Å²) in [6.07, 6.45) is 1.14. The number of nitrogens with zero attached hydrogens (tertiary/aromatic N) is 4. The summed E-state index contributed by atoms with van der Waals surface area (Å²) in [4.78, 5) is 10.5. The first kappa shape index (κ1) is 18.2. The third kappa shape index (κ3) is 4.74. The molecule has 1 aliphatic rings. The molecule has 1 aromatic carbocycles. The van der Waals surface area contributed by atoms with Crippen molar-refractivity contribution in [2.75, 3.05) is 33.3 Å². The monoisotopic (exact) mass is 384 g/mol. The molecule has 27 heavy (non-hydrogen) atoms. The molecule has 1 aliphatic heterocycles. The van der Waals surface area contributed by atoms with Crippen LogP contribution in [0.2, 0.25) is 0 Å². The van der Waals surface area contributed by atoms with E-state index in [1.165, 1.54) is 5.56 Å². The fourth-order valence-electron chi connectivity index (χ4n) is 3.35. The van der Waals surface area contributed by atoms with Gasteiger partial charge in [-0.25, -0.2) is 0 Å². The molecule has 3 heterocycles. The van der Waals surface area contributed by atoms with Gasteiger partial charge in [0.05, 0.1) is 18.5 Å². The fourth-order valence-corrected chi connectivity index (χ4v) is 4.00. The van der Waals surface area contributed by atoms with Gasteiger partial charge in [0.25, 0.3) is 0 Å². The lowest BCUT2D eigenvalue weighted by molar-refractivity contribution is 0.222. The van der Waals surface area contributed by atoms with Gasteiger partial charge in [0.15, 0.2) is 0 Å². The van der Waals surface area contributed by atoms with Gasteiger partial charge in [-0.3, -0.25) is 9.80 Å². The first-order valence-corrected chi connectivity index (χ1v) is 10.1. The minimum atomic E-state index is 0.691. The lowest BCUT2D eigenvalue weighted by Gasteiger charge is -2.21. The van der Waals surface area contributed by atoms with Crippen molar-refractivity contribution in [3.05, 3.63) is 53.2 Å². The maximum absolute atomic E-state index is 5.45. The number of hydrogen-bond acceptors (Lipinski definition) is 7. The second kappa shape index (κ2) is 8.65. The van der Waals surface area contributed by atoms with Crippen LogP contribution in [0, 0.1) is 0 Å². The lowest BCUT2D eigenvalue weighted by Crippen LogP contribution is -2.30. The summed E-state index contributed by atoms with van der Waals surface area (Å²) in [5.41, 5.74) is 1.32. The zero-order valence-corrected chi connectivity index (χ0v) is 16.3. The molecule has 0 amide bonds. The summed E-state index contributed by atoms with van der Waals surface area (Å²) in [6.45, 7) is 5.89. The minimum Gasteiger partial charge on any atom is -0.497 e. The van der Waals surface area contributed by atoms with Crippen molar-refractivity contribution in [3.63, 3.8) is 0 Å². The van der Waals surface area contributed by atoms with E-state index in [-0.39, 0.29) is 0 Å². The van der Waals surface area contributed by atoms with Crippen LogP contribution in [0.25, 0.3) is 10.7 Å². The Hall–Kier alpha value is -2.22. The largest absolute Gasteiger partial charge is 0.497 e. The molecule has 7 heteroatoms. The van der Waals surface area contributed by atoms with Crippen molar-refractivity contribution < 1.29 is 9.26 Å². The summed E-state index contributed by atoms with van der Waals surface area (Å²) in [6, 6.07) is 12.4. The first-order chi connectivity index (χ1) is 13.3. The van der Waals surface area contributed by atoms with Crippen molar-refractivity contribution in [3.8, 4) is 16.5 Å². The molecule has 0 atom stereocenters. The molecule has 0 spiro atoms. The van der Waals surface area contributed by atoms with E-state index in [2.05, 4.69) is 32.1 Å². The zero-order valence-electron chi connectivity index (χ0n) is 15.5. The SMILES string of the molecule is COc1ccc(CN2CCCN(Cc3nc(-c4cccs4)no3)CC2)cc1. The second-order valence-electron chi connectivity index (χ2n) is 6.74. The minimum absolute atomic E-state index is 0.691. The molecule has 0 N–H and O–H groups in total. The molecular formula is C20H24N4O2S. The van der Waals surface area contributed by atoms with Crippen LogP contribution in [0.5, 0.6) is 5.75 Å². The standard InChI is InChI=1S/C20H24N4O2S/c1-25-17-7-5-16(6-8-17)14-23-9-3-10-24(12-11-23)15-19-21-20(22-26-19)18-4-2-13-27-18/h2,4-8,13H,3,9-12,14-15H2,1H3. The van der Waals surface area contributed by atoms with Crippen LogP contribution in [0.4, 0.5) is 0 Å². The molecule has 6 nitrogen and oxygen atoms in total. The van der Waals surface area contributed by atoms with Crippen molar-refractivity contribution in [2.45, 2.75) is 19.5 Å². The van der Waals surface area contributed by atoms with Crippen LogP contribution in [-0.4, -0.2) is 53.2 Å². The van der Waals surface area contributed by atoms with Gasteiger partial charge in [0, 0.05) is 19.6 Å². The van der Waals surface area contributed by atoms with Crippen molar-refractivity contribution in [1.29, 1.82) is 0 Å². The third-order valence-electron chi connectivity index (χ3n) is 4.81. The molecule has 142 valence electrons. The topological polar surface area (TPSA) is 54.6 Å². The van der Waals surface area contributed by atoms with E-state index in [4.69, 9.17) is 9.26 Å². The number of methoxy groups -OCH3 is 1. The van der Waals surface area contributed by atoms with E-state index in [9.17, 15) is 0 Å². The number of rotatable bonds is 6. The van der Waals surface area contributed by atoms with Gasteiger partial charge in [-0.2, -0.15) is 4.98 Å². The summed E-state index contributed by atoms with van der Waals surface area (Å²) in [5.74, 6) is 2.29. The molecule has 0 unspecified atom stereocenters. The number of aromatic nitrogens is 2. The van der Waals surface area contributed by atoms with Gasteiger partial charge in [-0.05, 0) is 48.7 Å². The van der Waals surface area contributed by atoms with Crippen LogP contribution in [0.15, 0.2) is 46.3 Å². The number of thiophene rings is 1. The van der Waals surface area contributed by atoms with E-state index >= 15 is 0 Å². The molecule has 0 bridgehead atoms. The van der Waals surface area contributed by atoms with Crippen molar-refractivity contribution in [1.82, 2.24) is 19.9 Å². The fraction of sp³-hybridized carbons (Fsp3) is 0.400. The molecule has 0 aliphatic carbocycles. The lowest BCUT2D eigenvalue weighted by atomic mass is 10.2. The van der Waals surface area contributed by atoms with E-state index in [1.54, 1.807) is 18.4 Å². The highest BCUT2D eigenvalue weighted by Crippen LogP contribution is 2.22. The Bertz CT molecular complexity index is 832. The highest BCUT2D eigenvalue weighted by atomic mass is 32.1. The highest BCUT2D eigenvalue weighted by molar-refractivity contribution is 7.13. The quantitative estimate of drug-likeness (QED) is 0.648. The predicted octanol–water partition coefficient (Wildman–Crippen LogP) is 3.51. The van der Waals surface area contributed by atoms with Gasteiger partial charge in [0.2, 0.25) is 11.7 Å². The number of hydrogen-bond donors (Lipinski definition) is 0. The van der Waals surface area contributed by atoms with Crippen LogP contribution in [0.3, 0.4) is 0 Å². The highest BCUT2D eigenvalue weighted by Gasteiger charge is 2.18. The molecule has 0 radical (unpaired) electrons. The van der Waals surface area contributed by atoms with E-state index < -0.39 is 0 Å². The maximum Gasteiger partial charge on any atom is 0.241 e. The number of benzene rings is 1. The average Bonchev–Trinajstić information content (AvgIpc) is 3.33. The van der Waals surface area contributed by atoms with Crippen molar-refractivity contribution >= 4 is 11.3 Å². The van der Waals surface area contributed by atoms with Gasteiger partial charge in [0.1, 0.15) is 5.75 Å². The zero-order chi connectivity index (χ0) is 18.5. The second-order valence-corrected chi connectivity index (χ2v) is 7.69. The van der Waals surface area contributed by atoms with Crippen LogP contribution >= 0.6 is 11.3 Å². The van der Waals surface area contributed by atoms with Gasteiger partial charge >= 0.3 is 0 Å². The van der Waals surface area contributed by atoms with E-state index in [0.29, 0.717) is 11.7 Å². The Balaban J connectivity index is 1.30. The Kier molecular flexibility index (Phi) is 5.81. The summed E-state index contributed by atoms with van der Waals surface area (Å²) in [7, 11) is 1.70. The molecule has 0 saturated carbocycles. The van der Waals surface area contributed by atoms with E-state index in [1.807, 2.05) is 29.6 Å². The van der Waals surface area contributed by atoms with Crippen molar-refractivity contribution in [2.24, 2.45) is 0 Å². The Morgan fingerprint density at radius 2 is 1.81 bits per heavy atom. The molecule has 1 saturated heterocycles. The average molecular weight is 385 g/mol. The van der Waals surface area contributed by atoms with E-state index in [0.717, 1.165) is 56.3 Å². The normalized spacial score (nSPS) is 16.3. The van der Waals surface area contributed by atoms with Gasteiger partial charge in [-0.15, -0.1) is 11.3 Å². The van der Waals surface area contributed by atoms with Crippen LogP contribution < -0.4 is 4.74 Å². The summed E-state index contributed by atoms with van der Waals surface area (Å²) in [5, 5.41) is 6.13. The first-order valence-electron chi connectivity index (χ1n) is 9.24. The van der Waals surface area contributed by atoms with Gasteiger partial charge in [-0.1, -0.05) is 23.4 Å². The molecular weight excluding hydrogens is 360 g/mol. The Morgan fingerprint density at radius 3 is 2.52 bits per heavy atom. The smallest absolute Gasteiger partial charge is 0.241 e. The molecule has 3 aromatic rings. The maximum atomic E-state index is 5.45. The Morgan fingerprint density at radius 1 is 1.04 bits per heavy atom. The number of ether oxygens (including phenoxy) is 1. The third-order valence-corrected chi connectivity index (χ3v) is 5.68. The Labute approximate surface area is 163 Å². The molecule has 4 rings (SSSR count). The molecule has 2 aromatic heterocycles. The molecule has 1 fully saturated rings. The van der Waals surface area contributed by atoms with Crippen LogP contribution in [-0.2, 0) is 13.1 Å². The van der Waals surface area contributed by atoms with Gasteiger partial charge < -0.3 is 9.26 Å².